The topological polar surface area (TPSA) is 94.2 Å². The van der Waals surface area contributed by atoms with Gasteiger partial charge in [0.1, 0.15) is 5.56 Å². The van der Waals surface area contributed by atoms with Crippen LogP contribution in [0.2, 0.25) is 0 Å². The number of nitrogens with zero attached hydrogens (tertiary/aromatic N) is 2. The second-order valence-corrected chi connectivity index (χ2v) is 3.59. The number of nitrogens with one attached hydrogen (secondary N) is 1. The number of hydrogen-bond acceptors (Lipinski definition) is 6. The van der Waals surface area contributed by atoms with E-state index in [1.807, 2.05) is 0 Å². The van der Waals surface area contributed by atoms with E-state index >= 15 is 0 Å². The molecule has 2 aromatic heterocycles. The van der Waals surface area contributed by atoms with Crippen molar-refractivity contribution in [3.8, 4) is 5.88 Å². The molecule has 7 nitrogen and oxygen atoms in total. The number of pyridine rings is 1. The van der Waals surface area contributed by atoms with Gasteiger partial charge in [0.15, 0.2) is 11.2 Å². The highest BCUT2D eigenvalue weighted by Gasteiger charge is 2.15. The molecule has 2 rings (SSSR count). The maximum Gasteiger partial charge on any atom is 0.343 e. The Balaban J connectivity index is 2.55. The van der Waals surface area contributed by atoms with Crippen molar-refractivity contribution in [2.75, 3.05) is 13.2 Å². The number of rotatable bonds is 4. The van der Waals surface area contributed by atoms with Crippen LogP contribution >= 0.6 is 0 Å². The van der Waals surface area contributed by atoms with Gasteiger partial charge in [-0.2, -0.15) is 0 Å². The zero-order valence-corrected chi connectivity index (χ0v) is 10.6. The lowest BCUT2D eigenvalue weighted by atomic mass is 10.2. The fraction of sp³-hybridized carbons (Fsp3) is 0.333. The van der Waals surface area contributed by atoms with E-state index in [2.05, 4.69) is 15.0 Å². The highest BCUT2D eigenvalue weighted by Crippen LogP contribution is 2.09. The maximum atomic E-state index is 12.1. The molecule has 0 unspecified atom stereocenters. The number of fused-ring (bicyclic) bond motifs is 1. The first-order valence-electron chi connectivity index (χ1n) is 5.85. The molecule has 0 spiro atoms. The summed E-state index contributed by atoms with van der Waals surface area (Å²) in [4.78, 5) is 34.5. The smallest absolute Gasteiger partial charge is 0.343 e. The van der Waals surface area contributed by atoms with Crippen LogP contribution in [-0.4, -0.2) is 34.1 Å². The Morgan fingerprint density at radius 3 is 2.84 bits per heavy atom. The van der Waals surface area contributed by atoms with E-state index in [9.17, 15) is 9.59 Å². The van der Waals surface area contributed by atoms with E-state index < -0.39 is 11.4 Å². The van der Waals surface area contributed by atoms with E-state index in [4.69, 9.17) is 9.47 Å². The number of carbonyl (C=O) groups is 1. The molecule has 19 heavy (non-hydrogen) atoms. The second-order valence-electron chi connectivity index (χ2n) is 3.59. The highest BCUT2D eigenvalue weighted by atomic mass is 16.5. The molecule has 0 amide bonds. The molecule has 0 aliphatic rings. The van der Waals surface area contributed by atoms with Crippen LogP contribution in [-0.2, 0) is 4.74 Å². The summed E-state index contributed by atoms with van der Waals surface area (Å²) in [6.07, 6.45) is 2.68. The van der Waals surface area contributed by atoms with E-state index in [1.54, 1.807) is 13.8 Å². The number of aromatic nitrogens is 3. The molecule has 0 saturated carbocycles. The van der Waals surface area contributed by atoms with Crippen molar-refractivity contribution in [2.24, 2.45) is 0 Å². The molecule has 0 aromatic carbocycles. The Labute approximate surface area is 108 Å². The Hall–Kier alpha value is -2.44. The molecule has 7 heteroatoms. The highest BCUT2D eigenvalue weighted by molar-refractivity contribution is 5.91. The van der Waals surface area contributed by atoms with Gasteiger partial charge in [0.2, 0.25) is 11.3 Å². The SMILES string of the molecule is CCOC(=O)c1c[nH]c2ncc(OCC)nc2c1=O. The Kier molecular flexibility index (Phi) is 3.74. The lowest BCUT2D eigenvalue weighted by Crippen LogP contribution is -2.19. The minimum Gasteiger partial charge on any atom is -0.477 e. The van der Waals surface area contributed by atoms with Crippen molar-refractivity contribution >= 4 is 17.1 Å². The summed E-state index contributed by atoms with van der Waals surface area (Å²) in [5.74, 6) is -0.448. The normalized spacial score (nSPS) is 10.4. The van der Waals surface area contributed by atoms with Gasteiger partial charge >= 0.3 is 5.97 Å². The van der Waals surface area contributed by atoms with Gasteiger partial charge in [-0.3, -0.25) is 4.79 Å². The minimum atomic E-state index is -0.686. The zero-order valence-electron chi connectivity index (χ0n) is 10.6. The zero-order chi connectivity index (χ0) is 13.8. The van der Waals surface area contributed by atoms with Gasteiger partial charge in [0.25, 0.3) is 0 Å². The van der Waals surface area contributed by atoms with Gasteiger partial charge in [0.05, 0.1) is 19.4 Å². The van der Waals surface area contributed by atoms with Crippen molar-refractivity contribution < 1.29 is 14.3 Å². The molecule has 0 aliphatic carbocycles. The fourth-order valence-corrected chi connectivity index (χ4v) is 1.55. The summed E-state index contributed by atoms with van der Waals surface area (Å²) in [7, 11) is 0. The number of esters is 1. The molecule has 2 heterocycles. The molecule has 0 aliphatic heterocycles. The molecule has 0 bridgehead atoms. The molecule has 0 fully saturated rings. The summed E-state index contributed by atoms with van der Waals surface area (Å²) in [6.45, 7) is 4.07. The quantitative estimate of drug-likeness (QED) is 0.823. The lowest BCUT2D eigenvalue weighted by Gasteiger charge is -2.04. The van der Waals surface area contributed by atoms with Gasteiger partial charge in [0, 0.05) is 6.20 Å². The fourth-order valence-electron chi connectivity index (χ4n) is 1.55. The van der Waals surface area contributed by atoms with Crippen LogP contribution < -0.4 is 10.2 Å². The Morgan fingerprint density at radius 1 is 1.37 bits per heavy atom. The summed E-state index contributed by atoms with van der Waals surface area (Å²) in [6, 6.07) is 0. The Bertz CT molecular complexity index is 666. The van der Waals surface area contributed by atoms with Crippen LogP contribution in [0.3, 0.4) is 0 Å². The van der Waals surface area contributed by atoms with Crippen molar-refractivity contribution in [1.82, 2.24) is 15.0 Å². The number of hydrogen-bond donors (Lipinski definition) is 1. The van der Waals surface area contributed by atoms with Crippen LogP contribution in [0.15, 0.2) is 17.2 Å². The summed E-state index contributed by atoms with van der Waals surface area (Å²) in [5, 5.41) is 0. The van der Waals surface area contributed by atoms with E-state index in [0.29, 0.717) is 12.3 Å². The molecule has 100 valence electrons. The predicted molar refractivity (Wildman–Crippen MR) is 67.3 cm³/mol. The van der Waals surface area contributed by atoms with Gasteiger partial charge in [-0.1, -0.05) is 0 Å². The van der Waals surface area contributed by atoms with E-state index in [0.717, 1.165) is 0 Å². The first kappa shape index (κ1) is 13.0. The van der Waals surface area contributed by atoms with Gasteiger partial charge in [-0.05, 0) is 13.8 Å². The van der Waals surface area contributed by atoms with E-state index in [1.165, 1.54) is 12.4 Å². The van der Waals surface area contributed by atoms with Crippen LogP contribution in [0.5, 0.6) is 5.88 Å². The molecule has 2 aromatic rings. The lowest BCUT2D eigenvalue weighted by molar-refractivity contribution is 0.0524. The Morgan fingerprint density at radius 2 is 2.16 bits per heavy atom. The standard InChI is InChI=1S/C12H13N3O4/c1-3-18-8-6-14-11-9(15-8)10(16)7(5-13-11)12(17)19-4-2/h5-6H,3-4H2,1-2H3,(H,13,14,16). The first-order chi connectivity index (χ1) is 9.17. The van der Waals surface area contributed by atoms with Crippen molar-refractivity contribution in [3.63, 3.8) is 0 Å². The van der Waals surface area contributed by atoms with Crippen LogP contribution in [0.4, 0.5) is 0 Å². The average molecular weight is 263 g/mol. The third-order valence-electron chi connectivity index (χ3n) is 2.35. The monoisotopic (exact) mass is 263 g/mol. The predicted octanol–water partition coefficient (Wildman–Crippen LogP) is 0.893. The first-order valence-corrected chi connectivity index (χ1v) is 5.85. The van der Waals surface area contributed by atoms with Gasteiger partial charge < -0.3 is 14.5 Å². The molecule has 1 N–H and O–H groups in total. The average Bonchev–Trinajstić information content (AvgIpc) is 2.40. The molecule has 0 saturated heterocycles. The summed E-state index contributed by atoms with van der Waals surface area (Å²) >= 11 is 0. The minimum absolute atomic E-state index is 0.0523. The van der Waals surface area contributed by atoms with Crippen LogP contribution in [0.25, 0.3) is 11.2 Å². The maximum absolute atomic E-state index is 12.1. The molecular formula is C12H13N3O4. The van der Waals surface area contributed by atoms with Gasteiger partial charge in [-0.25, -0.2) is 14.8 Å². The summed E-state index contributed by atoms with van der Waals surface area (Å²) in [5.41, 5.74) is -0.281. The molecular weight excluding hydrogens is 250 g/mol. The number of carbonyl (C=O) groups excluding carboxylic acids is 1. The van der Waals surface area contributed by atoms with Crippen molar-refractivity contribution in [1.29, 1.82) is 0 Å². The van der Waals surface area contributed by atoms with Crippen LogP contribution in [0.1, 0.15) is 24.2 Å². The second kappa shape index (κ2) is 5.47. The van der Waals surface area contributed by atoms with E-state index in [-0.39, 0.29) is 23.6 Å². The van der Waals surface area contributed by atoms with Gasteiger partial charge in [-0.15, -0.1) is 0 Å². The largest absolute Gasteiger partial charge is 0.477 e. The third-order valence-corrected chi connectivity index (χ3v) is 2.35. The summed E-state index contributed by atoms with van der Waals surface area (Å²) < 4.78 is 9.97. The number of aromatic amines is 1. The number of H-pyrrole nitrogens is 1. The molecule has 0 atom stereocenters. The number of ether oxygens (including phenoxy) is 2. The van der Waals surface area contributed by atoms with Crippen molar-refractivity contribution in [2.45, 2.75) is 13.8 Å². The molecule has 0 radical (unpaired) electrons. The van der Waals surface area contributed by atoms with Crippen LogP contribution in [0, 0.1) is 0 Å². The third kappa shape index (κ3) is 2.54. The van der Waals surface area contributed by atoms with Crippen molar-refractivity contribution in [3.05, 3.63) is 28.2 Å².